The minimum absolute atomic E-state index is 0.518. The molecule has 1 saturated heterocycles. The van der Waals surface area contributed by atoms with Crippen LogP contribution in [0.1, 0.15) is 24.5 Å². The Morgan fingerprint density at radius 3 is 3.00 bits per heavy atom. The van der Waals surface area contributed by atoms with Gasteiger partial charge in [-0.1, -0.05) is 29.8 Å². The highest BCUT2D eigenvalue weighted by Crippen LogP contribution is 2.23. The standard InChI is InChI=1S/C13H18ClNOS/c14-12-6-2-1-5-11(12)13(16)8-15-10-4-3-7-17-9-10/h1-2,5-6,10,13,15-16H,3-4,7-9H2/t10-,13+/m0/s1. The average Bonchev–Trinajstić information content (AvgIpc) is 2.38. The Labute approximate surface area is 112 Å². The highest BCUT2D eigenvalue weighted by Gasteiger charge is 2.16. The highest BCUT2D eigenvalue weighted by atomic mass is 35.5. The zero-order valence-electron chi connectivity index (χ0n) is 9.73. The number of hydrogen-bond donors (Lipinski definition) is 2. The van der Waals surface area contributed by atoms with Gasteiger partial charge in [-0.3, -0.25) is 0 Å². The maximum atomic E-state index is 10.1. The van der Waals surface area contributed by atoms with Crippen LogP contribution in [0, 0.1) is 0 Å². The fourth-order valence-corrected chi connectivity index (χ4v) is 3.40. The molecule has 17 heavy (non-hydrogen) atoms. The number of nitrogens with one attached hydrogen (secondary N) is 1. The molecule has 1 aromatic rings. The summed E-state index contributed by atoms with van der Waals surface area (Å²) in [7, 11) is 0. The Morgan fingerprint density at radius 2 is 2.29 bits per heavy atom. The van der Waals surface area contributed by atoms with Crippen LogP contribution < -0.4 is 5.32 Å². The van der Waals surface area contributed by atoms with Crippen LogP contribution in [0.5, 0.6) is 0 Å². The van der Waals surface area contributed by atoms with E-state index in [9.17, 15) is 5.11 Å². The smallest absolute Gasteiger partial charge is 0.0928 e. The summed E-state index contributed by atoms with van der Waals surface area (Å²) >= 11 is 8.03. The molecule has 0 aromatic heterocycles. The van der Waals surface area contributed by atoms with Crippen LogP contribution in [-0.2, 0) is 0 Å². The lowest BCUT2D eigenvalue weighted by molar-refractivity contribution is 0.170. The maximum Gasteiger partial charge on any atom is 0.0928 e. The van der Waals surface area contributed by atoms with Crippen molar-refractivity contribution in [3.63, 3.8) is 0 Å². The fraction of sp³-hybridized carbons (Fsp3) is 0.538. The monoisotopic (exact) mass is 271 g/mol. The van der Waals surface area contributed by atoms with Gasteiger partial charge >= 0.3 is 0 Å². The van der Waals surface area contributed by atoms with Crippen LogP contribution >= 0.6 is 23.4 Å². The van der Waals surface area contributed by atoms with E-state index in [4.69, 9.17) is 11.6 Å². The molecular weight excluding hydrogens is 254 g/mol. The van der Waals surface area contributed by atoms with Crippen LogP contribution in [0.4, 0.5) is 0 Å². The first-order valence-corrected chi connectivity index (χ1v) is 7.54. The highest BCUT2D eigenvalue weighted by molar-refractivity contribution is 7.99. The molecule has 0 unspecified atom stereocenters. The van der Waals surface area contributed by atoms with Crippen LogP contribution in [0.3, 0.4) is 0 Å². The van der Waals surface area contributed by atoms with Gasteiger partial charge in [-0.2, -0.15) is 11.8 Å². The minimum Gasteiger partial charge on any atom is -0.387 e. The molecule has 0 spiro atoms. The number of rotatable bonds is 4. The first kappa shape index (κ1) is 13.2. The lowest BCUT2D eigenvalue weighted by atomic mass is 10.1. The number of benzene rings is 1. The third-order valence-electron chi connectivity index (χ3n) is 3.02. The van der Waals surface area contributed by atoms with Gasteiger partial charge in [0.05, 0.1) is 6.10 Å². The topological polar surface area (TPSA) is 32.3 Å². The van der Waals surface area contributed by atoms with Gasteiger partial charge in [-0.15, -0.1) is 0 Å². The second kappa shape index (κ2) is 6.64. The molecule has 2 rings (SSSR count). The maximum absolute atomic E-state index is 10.1. The molecule has 1 aliphatic rings. The lowest BCUT2D eigenvalue weighted by Crippen LogP contribution is -2.36. The predicted molar refractivity (Wildman–Crippen MR) is 74.8 cm³/mol. The van der Waals surface area contributed by atoms with E-state index in [1.165, 1.54) is 18.6 Å². The molecule has 1 aromatic carbocycles. The van der Waals surface area contributed by atoms with Crippen molar-refractivity contribution in [3.05, 3.63) is 34.9 Å². The van der Waals surface area contributed by atoms with E-state index in [1.54, 1.807) is 0 Å². The van der Waals surface area contributed by atoms with Crippen LogP contribution in [0.2, 0.25) is 5.02 Å². The van der Waals surface area contributed by atoms with E-state index in [1.807, 2.05) is 36.0 Å². The van der Waals surface area contributed by atoms with Gasteiger partial charge in [0.15, 0.2) is 0 Å². The van der Waals surface area contributed by atoms with E-state index < -0.39 is 6.10 Å². The summed E-state index contributed by atoms with van der Waals surface area (Å²) in [4.78, 5) is 0. The quantitative estimate of drug-likeness (QED) is 0.883. The molecule has 0 aliphatic carbocycles. The molecular formula is C13H18ClNOS. The second-order valence-corrected chi connectivity index (χ2v) is 5.92. The number of aliphatic hydroxyl groups is 1. The Hall–Kier alpha value is -0.220. The Bertz CT molecular complexity index is 355. The summed E-state index contributed by atoms with van der Waals surface area (Å²) in [5.74, 6) is 2.42. The van der Waals surface area contributed by atoms with Crippen molar-refractivity contribution >= 4 is 23.4 Å². The van der Waals surface area contributed by atoms with E-state index in [0.29, 0.717) is 17.6 Å². The van der Waals surface area contributed by atoms with Gasteiger partial charge in [-0.05, 0) is 24.7 Å². The third kappa shape index (κ3) is 3.88. The van der Waals surface area contributed by atoms with Crippen molar-refractivity contribution in [2.45, 2.75) is 25.0 Å². The first-order chi connectivity index (χ1) is 8.27. The van der Waals surface area contributed by atoms with E-state index in [0.717, 1.165) is 11.3 Å². The molecule has 2 N–H and O–H groups in total. The van der Waals surface area contributed by atoms with Gasteiger partial charge in [0.2, 0.25) is 0 Å². The number of hydrogen-bond acceptors (Lipinski definition) is 3. The second-order valence-electron chi connectivity index (χ2n) is 4.36. The molecule has 1 aliphatic heterocycles. The molecule has 0 amide bonds. The van der Waals surface area contributed by atoms with E-state index in [2.05, 4.69) is 5.32 Å². The summed E-state index contributed by atoms with van der Waals surface area (Å²) in [5, 5.41) is 14.1. The van der Waals surface area contributed by atoms with Gasteiger partial charge < -0.3 is 10.4 Å². The molecule has 0 radical (unpaired) electrons. The largest absolute Gasteiger partial charge is 0.387 e. The molecule has 2 atom stereocenters. The van der Waals surface area contributed by atoms with Gasteiger partial charge in [0.1, 0.15) is 0 Å². The number of halogens is 1. The summed E-state index contributed by atoms with van der Waals surface area (Å²) in [5.41, 5.74) is 0.810. The number of aliphatic hydroxyl groups excluding tert-OH is 1. The predicted octanol–water partition coefficient (Wildman–Crippen LogP) is 2.86. The van der Waals surface area contributed by atoms with Crippen LogP contribution in [0.25, 0.3) is 0 Å². The SMILES string of the molecule is O[C@H](CN[C@H]1CCCSC1)c1ccccc1Cl. The van der Waals surface area contributed by atoms with E-state index in [-0.39, 0.29) is 0 Å². The molecule has 4 heteroatoms. The molecule has 0 saturated carbocycles. The Kier molecular flexibility index (Phi) is 5.16. The number of thioether (sulfide) groups is 1. The van der Waals surface area contributed by atoms with Crippen molar-refractivity contribution in [3.8, 4) is 0 Å². The van der Waals surface area contributed by atoms with E-state index >= 15 is 0 Å². The minimum atomic E-state index is -0.518. The van der Waals surface area contributed by atoms with Crippen LogP contribution in [-0.4, -0.2) is 29.2 Å². The van der Waals surface area contributed by atoms with Gasteiger partial charge in [0.25, 0.3) is 0 Å². The zero-order chi connectivity index (χ0) is 12.1. The van der Waals surface area contributed by atoms with Gasteiger partial charge in [-0.25, -0.2) is 0 Å². The van der Waals surface area contributed by atoms with Crippen molar-refractivity contribution in [2.24, 2.45) is 0 Å². The van der Waals surface area contributed by atoms with Crippen molar-refractivity contribution < 1.29 is 5.11 Å². The van der Waals surface area contributed by atoms with Gasteiger partial charge in [0, 0.05) is 28.9 Å². The molecule has 1 fully saturated rings. The summed E-state index contributed by atoms with van der Waals surface area (Å²) < 4.78 is 0. The Morgan fingerprint density at radius 1 is 1.47 bits per heavy atom. The summed E-state index contributed by atoms with van der Waals surface area (Å²) in [6, 6.07) is 8.01. The Balaban J connectivity index is 1.84. The molecule has 2 nitrogen and oxygen atoms in total. The van der Waals surface area contributed by atoms with Crippen molar-refractivity contribution in [1.82, 2.24) is 5.32 Å². The third-order valence-corrected chi connectivity index (χ3v) is 4.58. The normalized spacial score (nSPS) is 22.4. The summed E-state index contributed by atoms with van der Waals surface area (Å²) in [6.07, 6.45) is 1.96. The lowest BCUT2D eigenvalue weighted by Gasteiger charge is -2.24. The zero-order valence-corrected chi connectivity index (χ0v) is 11.3. The average molecular weight is 272 g/mol. The molecule has 1 heterocycles. The first-order valence-electron chi connectivity index (χ1n) is 6.01. The molecule has 94 valence electrons. The van der Waals surface area contributed by atoms with Crippen LogP contribution in [0.15, 0.2) is 24.3 Å². The van der Waals surface area contributed by atoms with Crippen molar-refractivity contribution in [1.29, 1.82) is 0 Å². The molecule has 0 bridgehead atoms. The fourth-order valence-electron chi connectivity index (χ4n) is 2.04. The van der Waals surface area contributed by atoms with Crippen molar-refractivity contribution in [2.75, 3.05) is 18.1 Å². The summed E-state index contributed by atoms with van der Waals surface area (Å²) in [6.45, 7) is 0.578.